The van der Waals surface area contributed by atoms with Gasteiger partial charge in [0, 0.05) is 18.4 Å². The Hall–Kier alpha value is -3.10. The van der Waals surface area contributed by atoms with Crippen LogP contribution in [0, 0.1) is 5.92 Å². The fourth-order valence-corrected chi connectivity index (χ4v) is 3.90. The molecule has 2 fully saturated rings. The molecular formula is C22H22F3N3O3. The summed E-state index contributed by atoms with van der Waals surface area (Å²) in [7, 11) is 0. The number of rotatable bonds is 6. The predicted octanol–water partition coefficient (Wildman–Crippen LogP) is 4.68. The number of aromatic nitrogens is 1. The standard InChI is InChI=1S/C22H22F3N3O3/c1-14(2)11-16-12-15(7-10-26-16)13-27-20(30)28(19(29)21(27)8-9-21)17-3-5-18(6-4-17)31-22(23,24)25/h3-7,10,12,14H,8-9,11,13H2,1-2H3. The molecule has 1 spiro atoms. The SMILES string of the molecule is CC(C)Cc1cc(CN2C(=O)N(c3ccc(OC(F)(F)F)cc3)C(=O)C23CC3)ccn1. The smallest absolute Gasteiger partial charge is 0.406 e. The van der Waals surface area contributed by atoms with Crippen LogP contribution in [-0.2, 0) is 17.8 Å². The molecule has 1 saturated carbocycles. The number of hydrogen-bond donors (Lipinski definition) is 0. The third kappa shape index (κ3) is 4.22. The van der Waals surface area contributed by atoms with Crippen LogP contribution < -0.4 is 9.64 Å². The second-order valence-electron chi connectivity index (χ2n) is 8.34. The van der Waals surface area contributed by atoms with E-state index in [9.17, 15) is 22.8 Å². The number of carbonyl (C=O) groups excluding carboxylic acids is 2. The van der Waals surface area contributed by atoms with Crippen LogP contribution in [0.5, 0.6) is 5.75 Å². The lowest BCUT2D eigenvalue weighted by Gasteiger charge is -2.21. The second-order valence-corrected chi connectivity index (χ2v) is 8.34. The zero-order valence-corrected chi connectivity index (χ0v) is 17.1. The minimum atomic E-state index is -4.81. The Morgan fingerprint density at radius 2 is 1.81 bits per heavy atom. The van der Waals surface area contributed by atoms with Crippen LogP contribution in [0.1, 0.15) is 37.9 Å². The average molecular weight is 433 g/mol. The number of nitrogens with zero attached hydrogens (tertiary/aromatic N) is 3. The van der Waals surface area contributed by atoms with Crippen molar-refractivity contribution >= 4 is 17.6 Å². The zero-order chi connectivity index (χ0) is 22.4. The van der Waals surface area contributed by atoms with Crippen molar-refractivity contribution in [1.29, 1.82) is 0 Å². The summed E-state index contributed by atoms with van der Waals surface area (Å²) in [5, 5.41) is 0. The van der Waals surface area contributed by atoms with Crippen molar-refractivity contribution in [3.8, 4) is 5.75 Å². The predicted molar refractivity (Wildman–Crippen MR) is 106 cm³/mol. The molecule has 3 amide bonds. The van der Waals surface area contributed by atoms with Crippen LogP contribution in [0.3, 0.4) is 0 Å². The number of pyridine rings is 1. The Balaban J connectivity index is 1.56. The molecule has 2 heterocycles. The summed E-state index contributed by atoms with van der Waals surface area (Å²) in [5.41, 5.74) is 1.15. The van der Waals surface area contributed by atoms with Crippen LogP contribution in [0.25, 0.3) is 0 Å². The highest BCUT2D eigenvalue weighted by Gasteiger charge is 2.65. The monoisotopic (exact) mass is 433 g/mol. The van der Waals surface area contributed by atoms with E-state index < -0.39 is 23.7 Å². The maximum absolute atomic E-state index is 13.2. The lowest BCUT2D eigenvalue weighted by Crippen LogP contribution is -2.36. The first-order chi connectivity index (χ1) is 14.6. The summed E-state index contributed by atoms with van der Waals surface area (Å²) >= 11 is 0. The summed E-state index contributed by atoms with van der Waals surface area (Å²) in [6.45, 7) is 4.46. The topological polar surface area (TPSA) is 62.7 Å². The Morgan fingerprint density at radius 1 is 1.13 bits per heavy atom. The number of ether oxygens (including phenoxy) is 1. The van der Waals surface area contributed by atoms with Crippen molar-refractivity contribution < 1.29 is 27.5 Å². The van der Waals surface area contributed by atoms with E-state index in [-0.39, 0.29) is 18.1 Å². The molecule has 1 aromatic carbocycles. The fraction of sp³-hybridized carbons (Fsp3) is 0.409. The third-order valence-electron chi connectivity index (χ3n) is 5.43. The summed E-state index contributed by atoms with van der Waals surface area (Å²) in [6.07, 6.45) is -1.17. The van der Waals surface area contributed by atoms with Crippen molar-refractivity contribution in [2.24, 2.45) is 5.92 Å². The van der Waals surface area contributed by atoms with E-state index in [2.05, 4.69) is 23.6 Å². The molecule has 0 N–H and O–H groups in total. The van der Waals surface area contributed by atoms with Gasteiger partial charge in [0.1, 0.15) is 11.3 Å². The van der Waals surface area contributed by atoms with E-state index in [1.165, 1.54) is 12.1 Å². The van der Waals surface area contributed by atoms with Gasteiger partial charge < -0.3 is 9.64 Å². The molecule has 2 aromatic rings. The zero-order valence-electron chi connectivity index (χ0n) is 17.1. The molecule has 31 heavy (non-hydrogen) atoms. The lowest BCUT2D eigenvalue weighted by molar-refractivity contribution is -0.274. The minimum absolute atomic E-state index is 0.216. The molecule has 1 aliphatic carbocycles. The van der Waals surface area contributed by atoms with Crippen molar-refractivity contribution in [2.45, 2.75) is 51.6 Å². The van der Waals surface area contributed by atoms with Crippen molar-refractivity contribution in [1.82, 2.24) is 9.88 Å². The molecule has 1 saturated heterocycles. The number of imide groups is 1. The quantitative estimate of drug-likeness (QED) is 0.621. The normalized spacial score (nSPS) is 17.7. The third-order valence-corrected chi connectivity index (χ3v) is 5.43. The number of hydrogen-bond acceptors (Lipinski definition) is 4. The molecule has 0 unspecified atom stereocenters. The highest BCUT2D eigenvalue weighted by molar-refractivity contribution is 6.24. The molecule has 0 atom stereocenters. The van der Waals surface area contributed by atoms with E-state index in [0.717, 1.165) is 34.7 Å². The van der Waals surface area contributed by atoms with Crippen LogP contribution in [-0.4, -0.2) is 33.7 Å². The van der Waals surface area contributed by atoms with Gasteiger partial charge in [0.2, 0.25) is 0 Å². The Labute approximate surface area is 177 Å². The second kappa shape index (κ2) is 7.55. The number of anilines is 1. The molecule has 6 nitrogen and oxygen atoms in total. The van der Waals surface area contributed by atoms with Gasteiger partial charge in [0.25, 0.3) is 5.91 Å². The Bertz CT molecular complexity index is 1000. The summed E-state index contributed by atoms with van der Waals surface area (Å²) in [4.78, 5) is 33.2. The maximum Gasteiger partial charge on any atom is 0.573 e. The van der Waals surface area contributed by atoms with Crippen LogP contribution >= 0.6 is 0 Å². The number of carbonyl (C=O) groups is 2. The van der Waals surface area contributed by atoms with Gasteiger partial charge in [-0.2, -0.15) is 0 Å². The van der Waals surface area contributed by atoms with Gasteiger partial charge in [-0.15, -0.1) is 13.2 Å². The minimum Gasteiger partial charge on any atom is -0.406 e. The van der Waals surface area contributed by atoms with E-state index in [4.69, 9.17) is 0 Å². The molecule has 0 bridgehead atoms. The van der Waals surface area contributed by atoms with Gasteiger partial charge in [-0.1, -0.05) is 13.8 Å². The van der Waals surface area contributed by atoms with Gasteiger partial charge in [-0.25, -0.2) is 9.69 Å². The summed E-state index contributed by atoms with van der Waals surface area (Å²) < 4.78 is 41.0. The first kappa shape index (κ1) is 21.1. The van der Waals surface area contributed by atoms with Crippen molar-refractivity contribution in [3.63, 3.8) is 0 Å². The summed E-state index contributed by atoms with van der Waals surface area (Å²) in [5.74, 6) is -0.325. The van der Waals surface area contributed by atoms with Crippen LogP contribution in [0.4, 0.5) is 23.7 Å². The number of benzene rings is 1. The number of alkyl halides is 3. The average Bonchev–Trinajstić information content (AvgIpc) is 3.44. The fourth-order valence-electron chi connectivity index (χ4n) is 3.90. The van der Waals surface area contributed by atoms with Crippen molar-refractivity contribution in [3.05, 3.63) is 53.9 Å². The first-order valence-corrected chi connectivity index (χ1v) is 10.0. The van der Waals surface area contributed by atoms with Crippen LogP contribution in [0.15, 0.2) is 42.6 Å². The largest absolute Gasteiger partial charge is 0.573 e. The van der Waals surface area contributed by atoms with E-state index in [0.29, 0.717) is 18.8 Å². The molecule has 1 aromatic heterocycles. The van der Waals surface area contributed by atoms with Gasteiger partial charge in [0.15, 0.2) is 0 Å². The molecule has 4 rings (SSSR count). The number of urea groups is 1. The Morgan fingerprint density at radius 3 is 2.39 bits per heavy atom. The van der Waals surface area contributed by atoms with Crippen molar-refractivity contribution in [2.75, 3.05) is 4.90 Å². The maximum atomic E-state index is 13.2. The molecule has 2 aliphatic rings. The van der Waals surface area contributed by atoms with Gasteiger partial charge in [-0.05, 0) is 67.1 Å². The molecule has 1 aliphatic heterocycles. The summed E-state index contributed by atoms with van der Waals surface area (Å²) in [6, 6.07) is 8.03. The number of halogens is 3. The van der Waals surface area contributed by atoms with Crippen LogP contribution in [0.2, 0.25) is 0 Å². The first-order valence-electron chi connectivity index (χ1n) is 10.0. The van der Waals surface area contributed by atoms with E-state index >= 15 is 0 Å². The van der Waals surface area contributed by atoms with E-state index in [1.807, 2.05) is 12.1 Å². The molecular weight excluding hydrogens is 411 g/mol. The number of amides is 3. The van der Waals surface area contributed by atoms with E-state index in [1.54, 1.807) is 11.1 Å². The van der Waals surface area contributed by atoms with Gasteiger partial charge >= 0.3 is 12.4 Å². The van der Waals surface area contributed by atoms with Gasteiger partial charge in [0.05, 0.1) is 5.69 Å². The highest BCUT2D eigenvalue weighted by Crippen LogP contribution is 2.49. The van der Waals surface area contributed by atoms with Gasteiger partial charge in [-0.3, -0.25) is 9.78 Å². The molecule has 164 valence electrons. The highest BCUT2D eigenvalue weighted by atomic mass is 19.4. The lowest BCUT2D eigenvalue weighted by atomic mass is 10.1. The molecule has 0 radical (unpaired) electrons. The Kier molecular flexibility index (Phi) is 5.15. The molecule has 9 heteroatoms.